The van der Waals surface area contributed by atoms with Gasteiger partial charge in [0, 0.05) is 12.3 Å². The first-order chi connectivity index (χ1) is 18.1. The quantitative estimate of drug-likeness (QED) is 0.353. The number of hydrogen-bond donors (Lipinski definition) is 2. The van der Waals surface area contributed by atoms with Gasteiger partial charge < -0.3 is 19.9 Å². The van der Waals surface area contributed by atoms with Crippen LogP contribution in [0.1, 0.15) is 50.7 Å². The van der Waals surface area contributed by atoms with Crippen LogP contribution in [-0.2, 0) is 19.1 Å². The van der Waals surface area contributed by atoms with Gasteiger partial charge in [0.15, 0.2) is 0 Å². The molecule has 0 aromatic heterocycles. The molecule has 1 saturated heterocycles. The van der Waals surface area contributed by atoms with Gasteiger partial charge >= 0.3 is 18.0 Å². The molecule has 1 aliphatic heterocycles. The van der Waals surface area contributed by atoms with Gasteiger partial charge in [-0.2, -0.15) is 11.8 Å². The van der Waals surface area contributed by atoms with Crippen molar-refractivity contribution < 1.29 is 29.0 Å². The van der Waals surface area contributed by atoms with Gasteiger partial charge in [0.2, 0.25) is 0 Å². The van der Waals surface area contributed by atoms with Crippen molar-refractivity contribution in [2.24, 2.45) is 0 Å². The summed E-state index contributed by atoms with van der Waals surface area (Å²) in [5, 5.41) is 13.3. The molecule has 0 spiro atoms. The van der Waals surface area contributed by atoms with Crippen LogP contribution < -0.4 is 5.32 Å². The van der Waals surface area contributed by atoms with Crippen LogP contribution >= 0.6 is 11.8 Å². The van der Waals surface area contributed by atoms with Gasteiger partial charge in [0.05, 0.1) is 6.54 Å². The van der Waals surface area contributed by atoms with Gasteiger partial charge in [-0.1, -0.05) is 48.5 Å². The fraction of sp³-hybridized carbons (Fsp3) is 0.483. The Morgan fingerprint density at radius 1 is 1.08 bits per heavy atom. The number of esters is 1. The summed E-state index contributed by atoms with van der Waals surface area (Å²) < 4.78 is 11.4. The number of nitrogens with zero attached hydrogens (tertiary/aromatic N) is 1. The average molecular weight is 541 g/mol. The summed E-state index contributed by atoms with van der Waals surface area (Å²) in [4.78, 5) is 40.3. The minimum absolute atomic E-state index is 0.0750. The van der Waals surface area contributed by atoms with Crippen LogP contribution in [-0.4, -0.2) is 76.9 Å². The number of carboxylic acids is 1. The highest BCUT2D eigenvalue weighted by atomic mass is 32.2. The van der Waals surface area contributed by atoms with E-state index in [1.165, 1.54) is 4.90 Å². The number of carbonyl (C=O) groups is 3. The van der Waals surface area contributed by atoms with Crippen LogP contribution in [0.3, 0.4) is 0 Å². The summed E-state index contributed by atoms with van der Waals surface area (Å²) in [5.74, 6) is -1.03. The Kier molecular flexibility index (Phi) is 8.37. The van der Waals surface area contributed by atoms with Crippen molar-refractivity contribution in [2.45, 2.75) is 56.7 Å². The molecule has 2 aromatic rings. The zero-order valence-electron chi connectivity index (χ0n) is 22.4. The number of carboxylic acid groups (broad SMARTS) is 1. The smallest absolute Gasteiger partial charge is 0.410 e. The van der Waals surface area contributed by atoms with E-state index in [1.54, 1.807) is 32.5 Å². The number of amides is 1. The molecule has 1 amide bonds. The zero-order chi connectivity index (χ0) is 27.5. The number of nitrogens with one attached hydrogen (secondary N) is 1. The van der Waals surface area contributed by atoms with Gasteiger partial charge in [-0.25, -0.2) is 9.59 Å². The second-order valence-electron chi connectivity index (χ2n) is 10.8. The lowest BCUT2D eigenvalue weighted by molar-refractivity contribution is -0.159. The number of hydrogen-bond acceptors (Lipinski definition) is 7. The normalized spacial score (nSPS) is 20.6. The van der Waals surface area contributed by atoms with Crippen molar-refractivity contribution >= 4 is 29.8 Å². The molecule has 1 heterocycles. The Labute approximate surface area is 228 Å². The van der Waals surface area contributed by atoms with E-state index in [0.717, 1.165) is 34.4 Å². The summed E-state index contributed by atoms with van der Waals surface area (Å²) in [7, 11) is 0. The van der Waals surface area contributed by atoms with E-state index < -0.39 is 35.2 Å². The molecular formula is C29H36N2O6S. The summed E-state index contributed by atoms with van der Waals surface area (Å²) in [6.45, 7) is 5.55. The van der Waals surface area contributed by atoms with Crippen LogP contribution in [0.5, 0.6) is 0 Å². The number of fused-ring (bicyclic) bond motifs is 3. The molecule has 0 bridgehead atoms. The maximum absolute atomic E-state index is 13.5. The zero-order valence-corrected chi connectivity index (χ0v) is 23.2. The standard InChI is InChI=1S/C29H36N2O6S/c1-28(2,3)37-25(32)24-16-29(26(33)34,30-14-9-15-38-4)18-31(24)27(35)36-17-23-21-12-7-5-10-19(21)20-11-6-8-13-22(20)23/h5-8,10-13,23-24,30H,9,14-18H2,1-4H3,(H,33,34). The molecule has 0 saturated carbocycles. The SMILES string of the molecule is CSCCCNC1(C(=O)O)CC(C(=O)OC(C)(C)C)N(C(=O)OCC2c3ccccc3-c3ccccc32)C1. The molecule has 9 heteroatoms. The van der Waals surface area contributed by atoms with E-state index >= 15 is 0 Å². The Balaban J connectivity index is 1.55. The van der Waals surface area contributed by atoms with Crippen LogP contribution in [0.15, 0.2) is 48.5 Å². The number of thioether (sulfide) groups is 1. The summed E-state index contributed by atoms with van der Waals surface area (Å²) >= 11 is 1.67. The second kappa shape index (κ2) is 11.4. The lowest BCUT2D eigenvalue weighted by Crippen LogP contribution is -2.54. The minimum Gasteiger partial charge on any atom is -0.480 e. The Morgan fingerprint density at radius 3 is 2.24 bits per heavy atom. The van der Waals surface area contributed by atoms with Gasteiger partial charge in [-0.3, -0.25) is 9.69 Å². The Morgan fingerprint density at radius 2 is 1.68 bits per heavy atom. The number of rotatable bonds is 9. The Bertz CT molecular complexity index is 1150. The Hall–Kier alpha value is -3.04. The van der Waals surface area contributed by atoms with Crippen LogP contribution in [0.2, 0.25) is 0 Å². The lowest BCUT2D eigenvalue weighted by atomic mass is 9.95. The highest BCUT2D eigenvalue weighted by Crippen LogP contribution is 2.44. The molecule has 204 valence electrons. The van der Waals surface area contributed by atoms with Crippen molar-refractivity contribution in [3.8, 4) is 11.1 Å². The molecule has 38 heavy (non-hydrogen) atoms. The predicted octanol–water partition coefficient (Wildman–Crippen LogP) is 4.52. The van der Waals surface area contributed by atoms with Crippen LogP contribution in [0.25, 0.3) is 11.1 Å². The summed E-state index contributed by atoms with van der Waals surface area (Å²) in [6.07, 6.45) is 1.93. The third kappa shape index (κ3) is 5.83. The first-order valence-corrected chi connectivity index (χ1v) is 14.3. The molecule has 4 rings (SSSR count). The van der Waals surface area contributed by atoms with Crippen LogP contribution in [0, 0.1) is 0 Å². The van der Waals surface area contributed by atoms with Crippen molar-refractivity contribution in [1.82, 2.24) is 10.2 Å². The monoisotopic (exact) mass is 540 g/mol. The second-order valence-corrected chi connectivity index (χ2v) is 11.8. The van der Waals surface area contributed by atoms with Crippen LogP contribution in [0.4, 0.5) is 4.79 Å². The fourth-order valence-electron chi connectivity index (χ4n) is 5.26. The van der Waals surface area contributed by atoms with E-state index in [-0.39, 0.29) is 25.5 Å². The number of aliphatic carboxylic acids is 1. The van der Waals surface area contributed by atoms with E-state index in [4.69, 9.17) is 9.47 Å². The van der Waals surface area contributed by atoms with Gasteiger partial charge in [-0.05, 0) is 68.0 Å². The molecule has 2 unspecified atom stereocenters. The number of carbonyl (C=O) groups excluding carboxylic acids is 2. The average Bonchev–Trinajstić information content (AvgIpc) is 3.42. The number of likely N-dealkylation sites (tertiary alicyclic amines) is 1. The van der Waals surface area contributed by atoms with Crippen molar-refractivity contribution in [3.05, 3.63) is 59.7 Å². The number of ether oxygens (including phenoxy) is 2. The highest BCUT2D eigenvalue weighted by molar-refractivity contribution is 7.98. The molecular weight excluding hydrogens is 504 g/mol. The predicted molar refractivity (Wildman–Crippen MR) is 147 cm³/mol. The van der Waals surface area contributed by atoms with Crippen molar-refractivity contribution in [1.29, 1.82) is 0 Å². The van der Waals surface area contributed by atoms with Gasteiger partial charge in [0.25, 0.3) is 0 Å². The summed E-state index contributed by atoms with van der Waals surface area (Å²) in [6, 6.07) is 15.0. The van der Waals surface area contributed by atoms with E-state index in [9.17, 15) is 19.5 Å². The van der Waals surface area contributed by atoms with E-state index in [0.29, 0.717) is 6.54 Å². The first-order valence-electron chi connectivity index (χ1n) is 12.9. The van der Waals surface area contributed by atoms with Crippen molar-refractivity contribution in [2.75, 3.05) is 31.7 Å². The maximum Gasteiger partial charge on any atom is 0.410 e. The molecule has 2 N–H and O–H groups in total. The fourth-order valence-corrected chi connectivity index (χ4v) is 5.69. The highest BCUT2D eigenvalue weighted by Gasteiger charge is 2.55. The van der Waals surface area contributed by atoms with Gasteiger partial charge in [-0.15, -0.1) is 0 Å². The first kappa shape index (κ1) is 28.0. The molecule has 0 radical (unpaired) electrons. The van der Waals surface area contributed by atoms with E-state index in [2.05, 4.69) is 17.4 Å². The number of benzene rings is 2. The molecule has 2 aromatic carbocycles. The van der Waals surface area contributed by atoms with Crippen molar-refractivity contribution in [3.63, 3.8) is 0 Å². The molecule has 2 atom stereocenters. The molecule has 1 fully saturated rings. The topological polar surface area (TPSA) is 105 Å². The molecule has 1 aliphatic carbocycles. The van der Waals surface area contributed by atoms with Gasteiger partial charge in [0.1, 0.15) is 23.8 Å². The summed E-state index contributed by atoms with van der Waals surface area (Å²) in [5.41, 5.74) is 2.10. The minimum atomic E-state index is -1.47. The lowest BCUT2D eigenvalue weighted by Gasteiger charge is -2.27. The molecule has 8 nitrogen and oxygen atoms in total. The third-order valence-corrected chi connectivity index (χ3v) is 7.70. The van der Waals surface area contributed by atoms with E-state index in [1.807, 2.05) is 42.7 Å². The largest absolute Gasteiger partial charge is 0.480 e. The maximum atomic E-state index is 13.5. The third-order valence-electron chi connectivity index (χ3n) is 7.01. The molecule has 2 aliphatic rings.